The van der Waals surface area contributed by atoms with Crippen LogP contribution in [0.25, 0.3) is 10.9 Å². The second-order valence-corrected chi connectivity index (χ2v) is 4.67. The van der Waals surface area contributed by atoms with Crippen molar-refractivity contribution in [3.05, 3.63) is 35.5 Å². The normalized spacial score (nSPS) is 10.6. The molecule has 0 aliphatic carbocycles. The molecule has 0 saturated heterocycles. The minimum atomic E-state index is -0.286. The average Bonchev–Trinajstić information content (AvgIpc) is 3.06. The molecule has 0 bridgehead atoms. The van der Waals surface area contributed by atoms with Gasteiger partial charge in [0.15, 0.2) is 10.8 Å². The van der Waals surface area contributed by atoms with Gasteiger partial charge in [0.25, 0.3) is 5.91 Å². The molecule has 0 aliphatic rings. The molecule has 0 atom stereocenters. The Morgan fingerprint density at radius 2 is 2.37 bits per heavy atom. The van der Waals surface area contributed by atoms with Crippen LogP contribution in [0.4, 0.5) is 5.13 Å². The third-order valence-corrected chi connectivity index (χ3v) is 3.33. The fourth-order valence-electron chi connectivity index (χ4n) is 1.74. The van der Waals surface area contributed by atoms with Crippen LogP contribution in [0, 0.1) is 0 Å². The lowest BCUT2D eigenvalue weighted by molar-refractivity contribution is 0.102. The van der Waals surface area contributed by atoms with Gasteiger partial charge in [0, 0.05) is 23.0 Å². The number of benzene rings is 1. The van der Waals surface area contributed by atoms with Crippen LogP contribution in [-0.2, 0) is 0 Å². The lowest BCUT2D eigenvalue weighted by Crippen LogP contribution is -2.12. The van der Waals surface area contributed by atoms with Gasteiger partial charge in [0.05, 0.1) is 12.6 Å². The maximum atomic E-state index is 12.1. The van der Waals surface area contributed by atoms with Crippen molar-refractivity contribution < 1.29 is 9.53 Å². The predicted molar refractivity (Wildman–Crippen MR) is 72.7 cm³/mol. The van der Waals surface area contributed by atoms with Crippen LogP contribution in [-0.4, -0.2) is 28.2 Å². The van der Waals surface area contributed by atoms with Gasteiger partial charge >= 0.3 is 0 Å². The summed E-state index contributed by atoms with van der Waals surface area (Å²) in [6.45, 7) is 0. The first-order valence-corrected chi connectivity index (χ1v) is 6.39. The van der Waals surface area contributed by atoms with Gasteiger partial charge < -0.3 is 4.74 Å². The third kappa shape index (κ3) is 2.15. The summed E-state index contributed by atoms with van der Waals surface area (Å²) in [5, 5.41) is 12.6. The number of ether oxygens (including phenoxy) is 1. The maximum Gasteiger partial charge on any atom is 0.278 e. The number of thiazole rings is 1. The van der Waals surface area contributed by atoms with Crippen LogP contribution in [0.1, 0.15) is 10.5 Å². The van der Waals surface area contributed by atoms with E-state index < -0.39 is 0 Å². The Balaban J connectivity index is 1.94. The van der Waals surface area contributed by atoms with E-state index in [1.807, 2.05) is 0 Å². The van der Waals surface area contributed by atoms with E-state index in [1.165, 1.54) is 11.3 Å². The smallest absolute Gasteiger partial charge is 0.278 e. The molecular weight excluding hydrogens is 264 g/mol. The van der Waals surface area contributed by atoms with Gasteiger partial charge in [-0.2, -0.15) is 5.10 Å². The van der Waals surface area contributed by atoms with Gasteiger partial charge in [-0.05, 0) is 12.1 Å². The molecule has 7 heteroatoms. The molecule has 0 radical (unpaired) electrons. The number of nitrogens with one attached hydrogen (secondary N) is 2. The number of carbonyl (C=O) groups excluding carboxylic acids is 1. The first-order valence-electron chi connectivity index (χ1n) is 5.51. The summed E-state index contributed by atoms with van der Waals surface area (Å²) in [5.74, 6) is 0.425. The van der Waals surface area contributed by atoms with Gasteiger partial charge in [-0.1, -0.05) is 0 Å². The van der Waals surface area contributed by atoms with Crippen molar-refractivity contribution in [3.8, 4) is 5.75 Å². The molecule has 19 heavy (non-hydrogen) atoms. The number of aromatic nitrogens is 3. The third-order valence-electron chi connectivity index (χ3n) is 2.64. The van der Waals surface area contributed by atoms with Gasteiger partial charge in [-0.15, -0.1) is 11.3 Å². The summed E-state index contributed by atoms with van der Waals surface area (Å²) in [5.41, 5.74) is 1.09. The fraction of sp³-hybridized carbons (Fsp3) is 0.0833. The highest BCUT2D eigenvalue weighted by Crippen LogP contribution is 2.22. The Bertz CT molecular complexity index is 720. The van der Waals surface area contributed by atoms with Crippen molar-refractivity contribution in [2.24, 2.45) is 0 Å². The van der Waals surface area contributed by atoms with Gasteiger partial charge in [0.1, 0.15) is 5.75 Å². The minimum absolute atomic E-state index is 0.286. The number of methoxy groups -OCH3 is 1. The van der Waals surface area contributed by atoms with Crippen LogP contribution in [0.2, 0.25) is 0 Å². The molecule has 2 heterocycles. The van der Waals surface area contributed by atoms with Crippen LogP contribution in [0.15, 0.2) is 29.8 Å². The topological polar surface area (TPSA) is 79.9 Å². The molecule has 0 spiro atoms. The second-order valence-electron chi connectivity index (χ2n) is 3.78. The number of fused-ring (bicyclic) bond motifs is 1. The van der Waals surface area contributed by atoms with Crippen LogP contribution in [0.5, 0.6) is 5.75 Å². The summed E-state index contributed by atoms with van der Waals surface area (Å²) in [6.07, 6.45) is 1.63. The molecule has 3 aromatic rings. The molecule has 2 aromatic heterocycles. The number of anilines is 1. The zero-order valence-corrected chi connectivity index (χ0v) is 10.8. The molecule has 2 N–H and O–H groups in total. The highest BCUT2D eigenvalue weighted by molar-refractivity contribution is 7.13. The molecular formula is C12H10N4O2S. The zero-order chi connectivity index (χ0) is 13.2. The SMILES string of the molecule is COc1ccc2c(C(=O)Nc3nccs3)n[nH]c2c1. The Kier molecular flexibility index (Phi) is 2.88. The first kappa shape index (κ1) is 11.7. The van der Waals surface area contributed by atoms with Crippen molar-refractivity contribution in [2.45, 2.75) is 0 Å². The minimum Gasteiger partial charge on any atom is -0.497 e. The molecule has 0 fully saturated rings. The van der Waals surface area contributed by atoms with Crippen LogP contribution >= 0.6 is 11.3 Å². The van der Waals surface area contributed by atoms with E-state index in [2.05, 4.69) is 20.5 Å². The van der Waals surface area contributed by atoms with Gasteiger partial charge in [-0.3, -0.25) is 15.2 Å². The molecule has 0 aliphatic heterocycles. The van der Waals surface area contributed by atoms with E-state index in [4.69, 9.17) is 4.74 Å². The molecule has 0 saturated carbocycles. The van der Waals surface area contributed by atoms with E-state index >= 15 is 0 Å². The van der Waals surface area contributed by atoms with E-state index in [0.29, 0.717) is 16.6 Å². The zero-order valence-electron chi connectivity index (χ0n) is 10.0. The number of rotatable bonds is 3. The number of hydrogen-bond donors (Lipinski definition) is 2. The van der Waals surface area contributed by atoms with E-state index in [0.717, 1.165) is 10.9 Å². The Labute approximate surface area is 112 Å². The molecule has 96 valence electrons. The number of aromatic amines is 1. The fourth-order valence-corrected chi connectivity index (χ4v) is 2.26. The van der Waals surface area contributed by atoms with Gasteiger partial charge in [0.2, 0.25) is 0 Å². The van der Waals surface area contributed by atoms with E-state index in [9.17, 15) is 4.79 Å². The quantitative estimate of drug-likeness (QED) is 0.768. The summed E-state index contributed by atoms with van der Waals surface area (Å²) in [6, 6.07) is 5.38. The number of nitrogens with zero attached hydrogens (tertiary/aromatic N) is 2. The van der Waals surface area contributed by atoms with Crippen LogP contribution < -0.4 is 10.1 Å². The Hall–Kier alpha value is -2.41. The van der Waals surface area contributed by atoms with E-state index in [-0.39, 0.29) is 5.91 Å². The Morgan fingerprint density at radius 1 is 1.47 bits per heavy atom. The number of amides is 1. The molecule has 0 unspecified atom stereocenters. The molecule has 3 rings (SSSR count). The van der Waals surface area contributed by atoms with Crippen LogP contribution in [0.3, 0.4) is 0 Å². The number of H-pyrrole nitrogens is 1. The highest BCUT2D eigenvalue weighted by atomic mass is 32.1. The van der Waals surface area contributed by atoms with Gasteiger partial charge in [-0.25, -0.2) is 4.98 Å². The summed E-state index contributed by atoms with van der Waals surface area (Å²) >= 11 is 1.36. The number of carbonyl (C=O) groups is 1. The highest BCUT2D eigenvalue weighted by Gasteiger charge is 2.15. The van der Waals surface area contributed by atoms with Crippen molar-refractivity contribution in [1.29, 1.82) is 0 Å². The lowest BCUT2D eigenvalue weighted by Gasteiger charge is -2.00. The van der Waals surface area contributed by atoms with Crippen molar-refractivity contribution in [2.75, 3.05) is 12.4 Å². The summed E-state index contributed by atoms with van der Waals surface area (Å²) in [7, 11) is 1.59. The Morgan fingerprint density at radius 3 is 3.11 bits per heavy atom. The van der Waals surface area contributed by atoms with Crippen molar-refractivity contribution in [3.63, 3.8) is 0 Å². The first-order chi connectivity index (χ1) is 9.28. The lowest BCUT2D eigenvalue weighted by atomic mass is 10.2. The second kappa shape index (κ2) is 4.69. The summed E-state index contributed by atoms with van der Waals surface area (Å²) < 4.78 is 5.12. The van der Waals surface area contributed by atoms with Crippen molar-refractivity contribution >= 4 is 33.3 Å². The van der Waals surface area contributed by atoms with Crippen molar-refractivity contribution in [1.82, 2.24) is 15.2 Å². The molecule has 1 aromatic carbocycles. The largest absolute Gasteiger partial charge is 0.497 e. The predicted octanol–water partition coefficient (Wildman–Crippen LogP) is 2.28. The average molecular weight is 274 g/mol. The molecule has 1 amide bonds. The monoisotopic (exact) mass is 274 g/mol. The summed E-state index contributed by atoms with van der Waals surface area (Å²) in [4.78, 5) is 16.1. The number of hydrogen-bond acceptors (Lipinski definition) is 5. The molecule has 6 nitrogen and oxygen atoms in total. The van der Waals surface area contributed by atoms with E-state index in [1.54, 1.807) is 36.9 Å². The standard InChI is InChI=1S/C12H10N4O2S/c1-18-7-2-3-8-9(6-7)15-16-10(8)11(17)14-12-13-4-5-19-12/h2-6H,1H3,(H,15,16)(H,13,14,17). The maximum absolute atomic E-state index is 12.1.